The summed E-state index contributed by atoms with van der Waals surface area (Å²) in [6, 6.07) is 11.3. The Morgan fingerprint density at radius 3 is 2.87 bits per heavy atom. The third-order valence-corrected chi connectivity index (χ3v) is 3.57. The number of carbonyl (C=O) groups is 1. The van der Waals surface area contributed by atoms with Crippen LogP contribution in [0.15, 0.2) is 42.6 Å². The lowest BCUT2D eigenvalue weighted by Gasteiger charge is -2.26. The Hall–Kier alpha value is -2.56. The molecule has 0 fully saturated rings. The summed E-state index contributed by atoms with van der Waals surface area (Å²) >= 11 is 0. The maximum atomic E-state index is 12.3. The molecule has 1 aromatic heterocycles. The topological polar surface area (TPSA) is 60.5 Å². The number of aromatic nitrogens is 1. The van der Waals surface area contributed by atoms with Crippen molar-refractivity contribution in [3.8, 4) is 11.6 Å². The van der Waals surface area contributed by atoms with E-state index < -0.39 is 0 Å². The molecule has 0 aliphatic carbocycles. The van der Waals surface area contributed by atoms with Crippen molar-refractivity contribution in [3.63, 3.8) is 0 Å². The van der Waals surface area contributed by atoms with E-state index in [2.05, 4.69) is 10.3 Å². The van der Waals surface area contributed by atoms with Gasteiger partial charge in [-0.25, -0.2) is 4.98 Å². The van der Waals surface area contributed by atoms with Crippen LogP contribution in [0.3, 0.4) is 0 Å². The summed E-state index contributed by atoms with van der Waals surface area (Å²) in [4.78, 5) is 16.5. The molecule has 0 radical (unpaired) electrons. The smallest absolute Gasteiger partial charge is 0.253 e. The highest BCUT2D eigenvalue weighted by Crippen LogP contribution is 2.24. The Balaban J connectivity index is 1.61. The van der Waals surface area contributed by atoms with E-state index in [9.17, 15) is 4.79 Å². The van der Waals surface area contributed by atoms with Gasteiger partial charge >= 0.3 is 0 Å². The van der Waals surface area contributed by atoms with Crippen molar-refractivity contribution in [1.29, 1.82) is 0 Å². The number of hydrogen-bond acceptors (Lipinski definition) is 4. The highest BCUT2D eigenvalue weighted by atomic mass is 16.5. The van der Waals surface area contributed by atoms with E-state index in [-0.39, 0.29) is 18.1 Å². The molecule has 1 aromatic carbocycles. The van der Waals surface area contributed by atoms with Crippen LogP contribution in [0, 0.1) is 0 Å². The highest BCUT2D eigenvalue weighted by Gasteiger charge is 2.21. The number of pyridine rings is 1. The third-order valence-electron chi connectivity index (χ3n) is 3.57. The minimum absolute atomic E-state index is 0.0380. The average Bonchev–Trinajstić information content (AvgIpc) is 2.55. The van der Waals surface area contributed by atoms with E-state index >= 15 is 0 Å². The summed E-state index contributed by atoms with van der Waals surface area (Å²) in [5, 5.41) is 2.99. The number of benzene rings is 1. The van der Waals surface area contributed by atoms with Crippen molar-refractivity contribution in [1.82, 2.24) is 10.3 Å². The first-order chi connectivity index (χ1) is 11.1. The number of amides is 1. The zero-order valence-electron chi connectivity index (χ0n) is 13.3. The van der Waals surface area contributed by atoms with Gasteiger partial charge in [0.25, 0.3) is 5.91 Å². The largest absolute Gasteiger partial charge is 0.491 e. The lowest BCUT2D eigenvalue weighted by molar-refractivity contribution is 0.0915. The number of nitrogens with one attached hydrogen (secondary N) is 1. The van der Waals surface area contributed by atoms with Crippen molar-refractivity contribution in [2.75, 3.05) is 6.61 Å². The number of ether oxygens (including phenoxy) is 2. The van der Waals surface area contributed by atoms with E-state index in [0.29, 0.717) is 18.1 Å². The fraction of sp³-hybridized carbons (Fsp3) is 0.333. The van der Waals surface area contributed by atoms with Gasteiger partial charge in [-0.05, 0) is 38.0 Å². The Morgan fingerprint density at radius 2 is 2.13 bits per heavy atom. The normalized spacial score (nSPS) is 16.4. The predicted molar refractivity (Wildman–Crippen MR) is 86.9 cm³/mol. The van der Waals surface area contributed by atoms with Gasteiger partial charge in [-0.15, -0.1) is 0 Å². The van der Waals surface area contributed by atoms with Gasteiger partial charge < -0.3 is 14.8 Å². The quantitative estimate of drug-likeness (QED) is 0.943. The van der Waals surface area contributed by atoms with Crippen molar-refractivity contribution < 1.29 is 14.3 Å². The van der Waals surface area contributed by atoms with Gasteiger partial charge in [-0.1, -0.05) is 18.2 Å². The molecular weight excluding hydrogens is 292 g/mol. The monoisotopic (exact) mass is 312 g/mol. The van der Waals surface area contributed by atoms with E-state index in [1.165, 1.54) is 6.20 Å². The molecule has 1 aliphatic rings. The van der Waals surface area contributed by atoms with E-state index in [1.807, 2.05) is 38.1 Å². The molecule has 0 bridgehead atoms. The predicted octanol–water partition coefficient (Wildman–Crippen LogP) is 2.60. The summed E-state index contributed by atoms with van der Waals surface area (Å²) in [7, 11) is 0. The fourth-order valence-electron chi connectivity index (χ4n) is 2.52. The standard InChI is InChI=1S/C18H20N2O3/c1-12(2)23-17-8-7-14(10-19-17)18(21)20-15-9-13-5-3-4-6-16(13)22-11-15/h3-8,10,12,15H,9,11H2,1-2H3,(H,20,21)/t15-/m0/s1. The Labute approximate surface area is 135 Å². The van der Waals surface area contributed by atoms with Crippen molar-refractivity contribution >= 4 is 5.91 Å². The number of hydrogen-bond donors (Lipinski definition) is 1. The number of carbonyl (C=O) groups excluding carboxylic acids is 1. The van der Waals surface area contributed by atoms with Crippen LogP contribution in [0.5, 0.6) is 11.6 Å². The van der Waals surface area contributed by atoms with Gasteiger partial charge in [0.1, 0.15) is 12.4 Å². The van der Waals surface area contributed by atoms with Crippen LogP contribution in [0.1, 0.15) is 29.8 Å². The molecule has 1 aliphatic heterocycles. The minimum atomic E-state index is -0.151. The van der Waals surface area contributed by atoms with Gasteiger partial charge in [-0.3, -0.25) is 4.79 Å². The van der Waals surface area contributed by atoms with E-state index in [1.54, 1.807) is 12.1 Å². The molecule has 0 saturated carbocycles. The molecular formula is C18H20N2O3. The maximum Gasteiger partial charge on any atom is 0.253 e. The average molecular weight is 312 g/mol. The zero-order valence-corrected chi connectivity index (χ0v) is 13.3. The van der Waals surface area contributed by atoms with Gasteiger partial charge in [0, 0.05) is 12.3 Å². The Morgan fingerprint density at radius 1 is 1.30 bits per heavy atom. The molecule has 5 heteroatoms. The van der Waals surface area contributed by atoms with Crippen LogP contribution in [0.4, 0.5) is 0 Å². The number of para-hydroxylation sites is 1. The van der Waals surface area contributed by atoms with Gasteiger partial charge in [0.2, 0.25) is 5.88 Å². The van der Waals surface area contributed by atoms with Crippen LogP contribution < -0.4 is 14.8 Å². The lowest BCUT2D eigenvalue weighted by Crippen LogP contribution is -2.42. The fourth-order valence-corrected chi connectivity index (χ4v) is 2.52. The van der Waals surface area contributed by atoms with E-state index in [0.717, 1.165) is 17.7 Å². The summed E-state index contributed by atoms with van der Waals surface area (Å²) in [5.74, 6) is 1.27. The van der Waals surface area contributed by atoms with Crippen molar-refractivity contribution in [2.45, 2.75) is 32.4 Å². The van der Waals surface area contributed by atoms with Crippen molar-refractivity contribution in [2.24, 2.45) is 0 Å². The molecule has 5 nitrogen and oxygen atoms in total. The molecule has 0 spiro atoms. The molecule has 1 atom stereocenters. The number of rotatable bonds is 4. The molecule has 0 unspecified atom stereocenters. The molecule has 0 saturated heterocycles. The second-order valence-corrected chi connectivity index (χ2v) is 5.84. The molecule has 1 N–H and O–H groups in total. The molecule has 1 amide bonds. The van der Waals surface area contributed by atoms with Gasteiger partial charge in [0.15, 0.2) is 0 Å². The number of nitrogens with zero attached hydrogens (tertiary/aromatic N) is 1. The first kappa shape index (κ1) is 15.3. The van der Waals surface area contributed by atoms with Gasteiger partial charge in [0.05, 0.1) is 17.7 Å². The molecule has 3 rings (SSSR count). The van der Waals surface area contributed by atoms with Crippen LogP contribution >= 0.6 is 0 Å². The molecule has 2 heterocycles. The molecule has 120 valence electrons. The zero-order chi connectivity index (χ0) is 16.2. The summed E-state index contributed by atoms with van der Waals surface area (Å²) in [5.41, 5.74) is 1.63. The molecule has 23 heavy (non-hydrogen) atoms. The maximum absolute atomic E-state index is 12.3. The summed E-state index contributed by atoms with van der Waals surface area (Å²) in [6.07, 6.45) is 2.36. The minimum Gasteiger partial charge on any atom is -0.491 e. The second-order valence-electron chi connectivity index (χ2n) is 5.84. The summed E-state index contributed by atoms with van der Waals surface area (Å²) < 4.78 is 11.2. The van der Waals surface area contributed by atoms with E-state index in [4.69, 9.17) is 9.47 Å². The van der Waals surface area contributed by atoms with Gasteiger partial charge in [-0.2, -0.15) is 0 Å². The first-order valence-corrected chi connectivity index (χ1v) is 7.76. The SMILES string of the molecule is CC(C)Oc1ccc(C(=O)N[C@@H]2COc3ccccc3C2)cn1. The Bertz CT molecular complexity index is 683. The van der Waals surface area contributed by atoms with Crippen molar-refractivity contribution in [3.05, 3.63) is 53.7 Å². The highest BCUT2D eigenvalue weighted by molar-refractivity contribution is 5.94. The van der Waals surface area contributed by atoms with Crippen LogP contribution in [-0.2, 0) is 6.42 Å². The molecule has 2 aromatic rings. The van der Waals surface area contributed by atoms with Crippen LogP contribution in [-0.4, -0.2) is 29.6 Å². The number of fused-ring (bicyclic) bond motifs is 1. The second kappa shape index (κ2) is 6.69. The Kier molecular flexibility index (Phi) is 4.46. The third kappa shape index (κ3) is 3.80. The first-order valence-electron chi connectivity index (χ1n) is 7.76. The summed E-state index contributed by atoms with van der Waals surface area (Å²) in [6.45, 7) is 4.34. The lowest BCUT2D eigenvalue weighted by atomic mass is 10.0. The van der Waals surface area contributed by atoms with Crippen LogP contribution in [0.2, 0.25) is 0 Å². The van der Waals surface area contributed by atoms with Crippen LogP contribution in [0.25, 0.3) is 0 Å².